The molecule has 1 aromatic heterocycles. The molecule has 7 nitrogen and oxygen atoms in total. The van der Waals surface area contributed by atoms with E-state index >= 15 is 0 Å². The number of nitrogens with zero attached hydrogens (tertiary/aromatic N) is 1. The van der Waals surface area contributed by atoms with Crippen LogP contribution < -0.4 is 10.9 Å². The number of carbonyl (C=O) groups is 1. The third kappa shape index (κ3) is 3.44. The number of anilines is 1. The monoisotopic (exact) mass is 398 g/mol. The van der Waals surface area contributed by atoms with Crippen LogP contribution in [0.4, 0.5) is 5.69 Å². The van der Waals surface area contributed by atoms with Gasteiger partial charge in [0.05, 0.1) is 4.90 Å². The normalized spacial score (nSPS) is 15.0. The van der Waals surface area contributed by atoms with E-state index in [0.29, 0.717) is 24.1 Å². The molecule has 1 N–H and O–H groups in total. The van der Waals surface area contributed by atoms with Gasteiger partial charge in [0.2, 0.25) is 10.0 Å². The molecule has 28 heavy (non-hydrogen) atoms. The summed E-state index contributed by atoms with van der Waals surface area (Å²) in [7, 11) is -3.60. The van der Waals surface area contributed by atoms with Gasteiger partial charge in [-0.25, -0.2) is 13.2 Å². The molecule has 8 heteroatoms. The first-order chi connectivity index (χ1) is 13.4. The van der Waals surface area contributed by atoms with Crippen LogP contribution in [0.1, 0.15) is 23.2 Å². The van der Waals surface area contributed by atoms with Crippen molar-refractivity contribution >= 4 is 32.6 Å². The fraction of sp³-hybridized carbons (Fsp3) is 0.200. The van der Waals surface area contributed by atoms with E-state index < -0.39 is 21.6 Å². The molecule has 1 amide bonds. The Labute approximate surface area is 161 Å². The Morgan fingerprint density at radius 2 is 1.75 bits per heavy atom. The van der Waals surface area contributed by atoms with Crippen molar-refractivity contribution in [3.63, 3.8) is 0 Å². The minimum absolute atomic E-state index is 0.109. The van der Waals surface area contributed by atoms with E-state index in [1.165, 1.54) is 22.5 Å². The molecule has 0 radical (unpaired) electrons. The summed E-state index contributed by atoms with van der Waals surface area (Å²) in [6, 6.07) is 14.4. The predicted molar refractivity (Wildman–Crippen MR) is 105 cm³/mol. The lowest BCUT2D eigenvalue weighted by Crippen LogP contribution is -2.28. The largest absolute Gasteiger partial charge is 0.422 e. The van der Waals surface area contributed by atoms with Gasteiger partial charge in [0.1, 0.15) is 11.1 Å². The topological polar surface area (TPSA) is 96.7 Å². The Hall–Kier alpha value is -2.97. The Bertz CT molecular complexity index is 1210. The smallest absolute Gasteiger partial charge is 0.349 e. The van der Waals surface area contributed by atoms with Crippen LogP contribution in [-0.2, 0) is 10.0 Å². The Balaban J connectivity index is 1.62. The summed E-state index contributed by atoms with van der Waals surface area (Å²) < 4.78 is 32.0. The third-order valence-electron chi connectivity index (χ3n) is 4.68. The van der Waals surface area contributed by atoms with Crippen molar-refractivity contribution in [2.75, 3.05) is 18.4 Å². The number of hydrogen-bond acceptors (Lipinski definition) is 5. The fourth-order valence-electron chi connectivity index (χ4n) is 3.23. The number of para-hydroxylation sites is 1. The molecule has 0 atom stereocenters. The zero-order valence-corrected chi connectivity index (χ0v) is 15.7. The number of carbonyl (C=O) groups excluding carboxylic acids is 1. The summed E-state index contributed by atoms with van der Waals surface area (Å²) in [5.41, 5.74) is -0.218. The summed E-state index contributed by atoms with van der Waals surface area (Å²) in [4.78, 5) is 24.8. The molecular weight excluding hydrogens is 380 g/mol. The first-order valence-corrected chi connectivity index (χ1v) is 10.3. The fourth-order valence-corrected chi connectivity index (χ4v) is 4.79. The lowest BCUT2D eigenvalue weighted by atomic mass is 10.1. The standard InChI is InChI=1S/C20H18N2O5S/c23-19(17-12-14-6-1-2-9-18(14)27-20(17)24)21-15-7-5-8-16(13-15)28(25,26)22-10-3-4-11-22/h1-2,5-9,12-13H,3-4,10-11H2,(H,21,23). The Morgan fingerprint density at radius 3 is 2.54 bits per heavy atom. The second kappa shape index (κ2) is 7.21. The number of hydrogen-bond donors (Lipinski definition) is 1. The lowest BCUT2D eigenvalue weighted by Gasteiger charge is -2.16. The highest BCUT2D eigenvalue weighted by molar-refractivity contribution is 7.89. The first-order valence-electron chi connectivity index (χ1n) is 8.90. The molecule has 4 rings (SSSR count). The zero-order chi connectivity index (χ0) is 19.7. The maximum absolute atomic E-state index is 12.7. The molecule has 3 aromatic rings. The molecular formula is C20H18N2O5S. The molecule has 1 aliphatic rings. The molecule has 1 fully saturated rings. The van der Waals surface area contributed by atoms with Gasteiger partial charge in [-0.1, -0.05) is 24.3 Å². The second-order valence-electron chi connectivity index (χ2n) is 6.58. The van der Waals surface area contributed by atoms with E-state index in [1.807, 2.05) is 0 Å². The third-order valence-corrected chi connectivity index (χ3v) is 6.58. The predicted octanol–water partition coefficient (Wildman–Crippen LogP) is 2.83. The Kier molecular flexibility index (Phi) is 4.74. The van der Waals surface area contributed by atoms with Crippen molar-refractivity contribution in [1.29, 1.82) is 0 Å². The molecule has 0 spiro atoms. The SMILES string of the molecule is O=C(Nc1cccc(S(=O)(=O)N2CCCC2)c1)c1cc2ccccc2oc1=O. The maximum atomic E-state index is 12.7. The number of fused-ring (bicyclic) bond motifs is 1. The van der Waals surface area contributed by atoms with Gasteiger partial charge in [-0.15, -0.1) is 0 Å². The van der Waals surface area contributed by atoms with Crippen LogP contribution in [0.5, 0.6) is 0 Å². The second-order valence-corrected chi connectivity index (χ2v) is 8.52. The summed E-state index contributed by atoms with van der Waals surface area (Å²) in [5, 5.41) is 3.21. The number of rotatable bonds is 4. The van der Waals surface area contributed by atoms with Crippen molar-refractivity contribution in [2.45, 2.75) is 17.7 Å². The van der Waals surface area contributed by atoms with E-state index in [9.17, 15) is 18.0 Å². The highest BCUT2D eigenvalue weighted by atomic mass is 32.2. The van der Waals surface area contributed by atoms with Crippen molar-refractivity contribution in [1.82, 2.24) is 4.31 Å². The van der Waals surface area contributed by atoms with Gasteiger partial charge in [-0.2, -0.15) is 4.31 Å². The summed E-state index contributed by atoms with van der Waals surface area (Å²) in [6.45, 7) is 0.994. The summed E-state index contributed by atoms with van der Waals surface area (Å²) >= 11 is 0. The molecule has 2 heterocycles. The molecule has 0 saturated carbocycles. The van der Waals surface area contributed by atoms with Crippen molar-refractivity contribution in [3.8, 4) is 0 Å². The van der Waals surface area contributed by atoms with E-state index in [0.717, 1.165) is 12.8 Å². The number of nitrogens with one attached hydrogen (secondary N) is 1. The first kappa shape index (κ1) is 18.4. The van der Waals surface area contributed by atoms with E-state index in [2.05, 4.69) is 5.32 Å². The highest BCUT2D eigenvalue weighted by Crippen LogP contribution is 2.23. The molecule has 0 aliphatic carbocycles. The minimum Gasteiger partial charge on any atom is -0.422 e. The molecule has 1 aliphatic heterocycles. The van der Waals surface area contributed by atoms with Gasteiger partial charge < -0.3 is 9.73 Å². The summed E-state index contributed by atoms with van der Waals surface area (Å²) in [6.07, 6.45) is 1.68. The van der Waals surface area contributed by atoms with Crippen LogP contribution >= 0.6 is 0 Å². The van der Waals surface area contributed by atoms with E-state index in [4.69, 9.17) is 4.42 Å². The van der Waals surface area contributed by atoms with Gasteiger partial charge in [-0.05, 0) is 43.2 Å². The van der Waals surface area contributed by atoms with Crippen molar-refractivity contribution in [2.24, 2.45) is 0 Å². The number of benzene rings is 2. The number of sulfonamides is 1. The molecule has 1 saturated heterocycles. The van der Waals surface area contributed by atoms with Crippen LogP contribution in [0.15, 0.2) is 68.7 Å². The summed E-state index contributed by atoms with van der Waals surface area (Å²) in [5.74, 6) is -0.657. The van der Waals surface area contributed by atoms with E-state index in [1.54, 1.807) is 36.4 Å². The van der Waals surface area contributed by atoms with Gasteiger partial charge in [0.25, 0.3) is 5.91 Å². The van der Waals surface area contributed by atoms with Gasteiger partial charge in [0, 0.05) is 24.2 Å². The molecule has 0 bridgehead atoms. The minimum atomic E-state index is -3.60. The van der Waals surface area contributed by atoms with Crippen LogP contribution in [0.3, 0.4) is 0 Å². The van der Waals surface area contributed by atoms with Crippen molar-refractivity contribution in [3.05, 3.63) is 70.6 Å². The average molecular weight is 398 g/mol. The number of amides is 1. The highest BCUT2D eigenvalue weighted by Gasteiger charge is 2.27. The molecule has 144 valence electrons. The van der Waals surface area contributed by atoms with Gasteiger partial charge in [0.15, 0.2) is 0 Å². The Morgan fingerprint density at radius 1 is 1.00 bits per heavy atom. The maximum Gasteiger partial charge on any atom is 0.349 e. The van der Waals surface area contributed by atoms with Gasteiger partial charge in [-0.3, -0.25) is 4.79 Å². The van der Waals surface area contributed by atoms with Crippen LogP contribution in [0.25, 0.3) is 11.0 Å². The quantitative estimate of drug-likeness (QED) is 0.682. The van der Waals surface area contributed by atoms with Crippen molar-refractivity contribution < 1.29 is 17.6 Å². The van der Waals surface area contributed by atoms with Crippen LogP contribution in [0, 0.1) is 0 Å². The van der Waals surface area contributed by atoms with Crippen LogP contribution in [0.2, 0.25) is 0 Å². The molecule has 2 aromatic carbocycles. The lowest BCUT2D eigenvalue weighted by molar-refractivity contribution is 0.102. The van der Waals surface area contributed by atoms with Gasteiger partial charge >= 0.3 is 5.63 Å². The van der Waals surface area contributed by atoms with E-state index in [-0.39, 0.29) is 16.1 Å². The molecule has 0 unspecified atom stereocenters. The zero-order valence-electron chi connectivity index (χ0n) is 14.9. The average Bonchev–Trinajstić information content (AvgIpc) is 3.23. The van der Waals surface area contributed by atoms with Crippen LogP contribution in [-0.4, -0.2) is 31.7 Å².